The van der Waals surface area contributed by atoms with Crippen molar-refractivity contribution in [3.8, 4) is 5.69 Å². The first-order valence-electron chi connectivity index (χ1n) is 4.07. The average Bonchev–Trinajstić information content (AvgIpc) is 2.63. The molecule has 1 aromatic heterocycles. The molecule has 2 aromatic rings. The number of hydrogen-bond donors (Lipinski definition) is 1. The first kappa shape index (κ1) is 10.9. The highest BCUT2D eigenvalue weighted by Crippen LogP contribution is 2.13. The van der Waals surface area contributed by atoms with Gasteiger partial charge in [0, 0.05) is 0 Å². The van der Waals surface area contributed by atoms with E-state index in [4.69, 9.17) is 17.8 Å². The Bertz CT molecular complexity index is 604. The molecule has 0 aliphatic heterocycles. The zero-order valence-electron chi connectivity index (χ0n) is 7.81. The topological polar surface area (TPSA) is 104 Å². The van der Waals surface area contributed by atoms with E-state index in [9.17, 15) is 8.42 Å². The lowest BCUT2D eigenvalue weighted by Gasteiger charge is -2.01. The van der Waals surface area contributed by atoms with Gasteiger partial charge in [-0.15, -0.1) is 0 Å². The fraction of sp³-hybridized carbons (Fsp3) is 0. The van der Waals surface area contributed by atoms with Crippen molar-refractivity contribution in [2.24, 2.45) is 5.14 Å². The second-order valence-corrected chi connectivity index (χ2v) is 4.84. The van der Waals surface area contributed by atoms with E-state index in [1.165, 1.54) is 28.9 Å². The molecule has 2 N–H and O–H groups in total. The molecule has 16 heavy (non-hydrogen) atoms. The lowest BCUT2D eigenvalue weighted by atomic mass is 10.3. The van der Waals surface area contributed by atoms with E-state index in [1.807, 2.05) is 0 Å². The maximum atomic E-state index is 11.0. The molecular formula is C7H6N5O2S2. The molecule has 0 amide bonds. The van der Waals surface area contributed by atoms with Gasteiger partial charge in [0.2, 0.25) is 15.2 Å². The Kier molecular flexibility index (Phi) is 2.58. The van der Waals surface area contributed by atoms with Gasteiger partial charge in [0.25, 0.3) is 0 Å². The molecule has 0 bridgehead atoms. The third-order valence-corrected chi connectivity index (χ3v) is 3.03. The van der Waals surface area contributed by atoms with Gasteiger partial charge in [0.1, 0.15) is 0 Å². The van der Waals surface area contributed by atoms with Crippen LogP contribution >= 0.6 is 12.6 Å². The van der Waals surface area contributed by atoms with E-state index in [0.29, 0.717) is 5.69 Å². The van der Waals surface area contributed by atoms with E-state index in [0.717, 1.165) is 0 Å². The minimum absolute atomic E-state index is 0.0234. The number of tetrazole rings is 1. The van der Waals surface area contributed by atoms with E-state index < -0.39 is 10.0 Å². The molecule has 1 heterocycles. The number of sulfonamides is 1. The van der Waals surface area contributed by atoms with Gasteiger partial charge in [0.05, 0.1) is 10.6 Å². The molecule has 9 heteroatoms. The number of aromatic nitrogens is 4. The third kappa shape index (κ3) is 2.01. The molecule has 0 saturated carbocycles. The Morgan fingerprint density at radius 2 is 1.88 bits per heavy atom. The van der Waals surface area contributed by atoms with Crippen molar-refractivity contribution < 1.29 is 8.42 Å². The van der Waals surface area contributed by atoms with Gasteiger partial charge in [-0.2, -0.15) is 4.68 Å². The molecule has 0 aliphatic rings. The molecular weight excluding hydrogens is 250 g/mol. The Balaban J connectivity index is 2.45. The molecule has 2 rings (SSSR count). The highest BCUT2D eigenvalue weighted by atomic mass is 32.2. The van der Waals surface area contributed by atoms with Gasteiger partial charge in [-0.25, -0.2) is 13.6 Å². The van der Waals surface area contributed by atoms with Crippen LogP contribution in [0.4, 0.5) is 0 Å². The Morgan fingerprint density at radius 1 is 1.25 bits per heavy atom. The summed E-state index contributed by atoms with van der Waals surface area (Å²) in [5, 5.41) is 15.7. The second-order valence-electron chi connectivity index (χ2n) is 2.91. The van der Waals surface area contributed by atoms with E-state index >= 15 is 0 Å². The van der Waals surface area contributed by atoms with Crippen LogP contribution in [0.3, 0.4) is 0 Å². The van der Waals surface area contributed by atoms with Crippen LogP contribution in [-0.4, -0.2) is 28.6 Å². The molecule has 83 valence electrons. The van der Waals surface area contributed by atoms with Gasteiger partial charge < -0.3 is 0 Å². The quantitative estimate of drug-likeness (QED) is 0.805. The van der Waals surface area contributed by atoms with Gasteiger partial charge >= 0.3 is 0 Å². The van der Waals surface area contributed by atoms with Crippen LogP contribution in [0, 0.1) is 0 Å². The predicted molar refractivity (Wildman–Crippen MR) is 56.4 cm³/mol. The lowest BCUT2D eigenvalue weighted by Crippen LogP contribution is -2.12. The highest BCUT2D eigenvalue weighted by molar-refractivity contribution is 7.89. The van der Waals surface area contributed by atoms with E-state index in [1.54, 1.807) is 0 Å². The molecule has 0 unspecified atom stereocenters. The first-order valence-corrected chi connectivity index (χ1v) is 6.02. The third-order valence-electron chi connectivity index (χ3n) is 1.85. The van der Waals surface area contributed by atoms with Crippen molar-refractivity contribution >= 4 is 22.7 Å². The maximum absolute atomic E-state index is 11.0. The monoisotopic (exact) mass is 256 g/mol. The summed E-state index contributed by atoms with van der Waals surface area (Å²) in [4.78, 5) is 0.0234. The molecule has 1 radical (unpaired) electrons. The van der Waals surface area contributed by atoms with E-state index in [-0.39, 0.29) is 10.1 Å². The van der Waals surface area contributed by atoms with Crippen molar-refractivity contribution in [1.29, 1.82) is 0 Å². The summed E-state index contributed by atoms with van der Waals surface area (Å²) < 4.78 is 23.3. The minimum atomic E-state index is -3.69. The number of nitrogens with zero attached hydrogens (tertiary/aromatic N) is 4. The smallest absolute Gasteiger partial charge is 0.225 e. The standard InChI is InChI=1S/C7H6N5O2S2/c8-16(13,14)6-3-1-5(2-4-6)12-7(15)9-10-11-12/h1-4H,(H2,8,13,14). The number of rotatable bonds is 2. The Labute approximate surface area is 96.7 Å². The van der Waals surface area contributed by atoms with Crippen LogP contribution < -0.4 is 5.14 Å². The van der Waals surface area contributed by atoms with Gasteiger partial charge in [-0.05, 0) is 47.3 Å². The van der Waals surface area contributed by atoms with Crippen LogP contribution in [0.15, 0.2) is 34.3 Å². The van der Waals surface area contributed by atoms with Crippen LogP contribution in [0.5, 0.6) is 0 Å². The molecule has 0 spiro atoms. The molecule has 0 fully saturated rings. The zero-order chi connectivity index (χ0) is 11.8. The van der Waals surface area contributed by atoms with Crippen molar-refractivity contribution in [1.82, 2.24) is 20.2 Å². The van der Waals surface area contributed by atoms with Crippen LogP contribution in [0.2, 0.25) is 0 Å². The van der Waals surface area contributed by atoms with Crippen molar-refractivity contribution in [2.45, 2.75) is 10.1 Å². The maximum Gasteiger partial charge on any atom is 0.244 e. The predicted octanol–water partition coefficient (Wildman–Crippen LogP) is -0.134. The van der Waals surface area contributed by atoms with Crippen molar-refractivity contribution in [2.75, 3.05) is 0 Å². The molecule has 0 atom stereocenters. The first-order chi connectivity index (χ1) is 7.48. The highest BCUT2D eigenvalue weighted by Gasteiger charge is 2.09. The number of benzene rings is 1. The van der Waals surface area contributed by atoms with Gasteiger partial charge in [0.15, 0.2) is 0 Å². The van der Waals surface area contributed by atoms with Crippen LogP contribution in [0.25, 0.3) is 5.69 Å². The molecule has 0 aliphatic carbocycles. The largest absolute Gasteiger partial charge is 0.244 e. The Hall–Kier alpha value is -1.58. The Morgan fingerprint density at radius 3 is 2.31 bits per heavy atom. The number of primary sulfonamides is 1. The number of nitrogens with two attached hydrogens (primary N) is 1. The minimum Gasteiger partial charge on any atom is -0.225 e. The number of hydrogen-bond acceptors (Lipinski definition) is 5. The summed E-state index contributed by atoms with van der Waals surface area (Å²) in [5.74, 6) is 0. The normalized spacial score (nSPS) is 11.6. The fourth-order valence-corrected chi connectivity index (χ4v) is 1.81. The summed E-state index contributed by atoms with van der Waals surface area (Å²) in [5.41, 5.74) is 0.572. The van der Waals surface area contributed by atoms with Crippen molar-refractivity contribution in [3.63, 3.8) is 0 Å². The molecule has 0 saturated heterocycles. The SMILES string of the molecule is NS(=O)(=O)c1ccc(-n2nnnc2[S])cc1. The van der Waals surface area contributed by atoms with Gasteiger partial charge in [-0.1, -0.05) is 5.10 Å². The average molecular weight is 256 g/mol. The van der Waals surface area contributed by atoms with Crippen molar-refractivity contribution in [3.05, 3.63) is 24.3 Å². The molecule has 1 aromatic carbocycles. The van der Waals surface area contributed by atoms with E-state index in [2.05, 4.69) is 15.5 Å². The molecule has 7 nitrogen and oxygen atoms in total. The summed E-state index contributed by atoms with van der Waals surface area (Å²) in [7, 11) is -3.69. The van der Waals surface area contributed by atoms with Gasteiger partial charge in [-0.3, -0.25) is 0 Å². The summed E-state index contributed by atoms with van der Waals surface area (Å²) in [6, 6.07) is 5.76. The zero-order valence-corrected chi connectivity index (χ0v) is 9.44. The summed E-state index contributed by atoms with van der Waals surface area (Å²) in [6.45, 7) is 0. The summed E-state index contributed by atoms with van der Waals surface area (Å²) >= 11 is 4.86. The van der Waals surface area contributed by atoms with Crippen LogP contribution in [0.1, 0.15) is 0 Å². The lowest BCUT2D eigenvalue weighted by molar-refractivity contribution is 0.597. The summed E-state index contributed by atoms with van der Waals surface area (Å²) in [6.07, 6.45) is 0. The second kappa shape index (κ2) is 3.77. The van der Waals surface area contributed by atoms with Crippen LogP contribution in [-0.2, 0) is 10.0 Å². The fourth-order valence-electron chi connectivity index (χ4n) is 1.12.